The maximum absolute atomic E-state index is 14.1. The third kappa shape index (κ3) is 4.42. The van der Waals surface area contributed by atoms with Gasteiger partial charge in [0.2, 0.25) is 15.9 Å². The first-order chi connectivity index (χ1) is 15.4. The molecule has 1 fully saturated rings. The first-order valence-corrected chi connectivity index (χ1v) is 11.7. The number of rotatable bonds is 5. The lowest BCUT2D eigenvalue weighted by Crippen LogP contribution is -2.51. The van der Waals surface area contributed by atoms with E-state index in [9.17, 15) is 22.0 Å². The summed E-state index contributed by atoms with van der Waals surface area (Å²) in [6.45, 7) is 0.316. The number of amides is 1. The van der Waals surface area contributed by atoms with Crippen LogP contribution in [0.4, 0.5) is 8.78 Å². The zero-order chi connectivity index (χ0) is 22.7. The highest BCUT2D eigenvalue weighted by Crippen LogP contribution is 2.28. The second-order valence-corrected chi connectivity index (χ2v) is 9.46. The van der Waals surface area contributed by atoms with E-state index in [2.05, 4.69) is 0 Å². The van der Waals surface area contributed by atoms with Crippen molar-refractivity contribution in [3.8, 4) is 0 Å². The molecule has 0 aliphatic carbocycles. The summed E-state index contributed by atoms with van der Waals surface area (Å²) in [7, 11) is -4.21. The summed E-state index contributed by atoms with van der Waals surface area (Å²) in [6.07, 6.45) is 0. The minimum absolute atomic E-state index is 0.000323. The van der Waals surface area contributed by atoms with Crippen LogP contribution in [0.25, 0.3) is 0 Å². The van der Waals surface area contributed by atoms with Gasteiger partial charge in [0.1, 0.15) is 16.5 Å². The summed E-state index contributed by atoms with van der Waals surface area (Å²) in [5.41, 5.74) is 1.70. The molecule has 4 rings (SSSR count). The molecule has 0 radical (unpaired) electrons. The van der Waals surface area contributed by atoms with E-state index < -0.39 is 32.5 Å². The van der Waals surface area contributed by atoms with E-state index in [1.54, 1.807) is 4.90 Å². The Hall–Kier alpha value is -3.10. The van der Waals surface area contributed by atoms with Gasteiger partial charge in [-0.05, 0) is 29.3 Å². The van der Waals surface area contributed by atoms with Gasteiger partial charge in [0.25, 0.3) is 0 Å². The van der Waals surface area contributed by atoms with Crippen LogP contribution in [0.5, 0.6) is 0 Å². The zero-order valence-corrected chi connectivity index (χ0v) is 18.0. The molecule has 1 aliphatic heterocycles. The van der Waals surface area contributed by atoms with Crippen LogP contribution in [0.3, 0.4) is 0 Å². The molecule has 0 saturated carbocycles. The van der Waals surface area contributed by atoms with Crippen molar-refractivity contribution in [1.29, 1.82) is 0 Å². The van der Waals surface area contributed by atoms with Gasteiger partial charge < -0.3 is 4.90 Å². The highest BCUT2D eigenvalue weighted by Gasteiger charge is 2.34. The molecule has 0 unspecified atom stereocenters. The fourth-order valence-electron chi connectivity index (χ4n) is 3.91. The van der Waals surface area contributed by atoms with Crippen molar-refractivity contribution in [2.75, 3.05) is 26.2 Å². The van der Waals surface area contributed by atoms with Crippen molar-refractivity contribution in [2.45, 2.75) is 10.8 Å². The Morgan fingerprint density at radius 3 is 1.84 bits per heavy atom. The maximum Gasteiger partial charge on any atom is 0.246 e. The predicted octanol–water partition coefficient (Wildman–Crippen LogP) is 3.63. The average Bonchev–Trinajstić information content (AvgIpc) is 2.82. The van der Waals surface area contributed by atoms with Gasteiger partial charge in [0.05, 0.1) is 5.92 Å². The van der Waals surface area contributed by atoms with Gasteiger partial charge in [0.15, 0.2) is 0 Å². The largest absolute Gasteiger partial charge is 0.339 e. The molecule has 166 valence electrons. The van der Waals surface area contributed by atoms with E-state index in [4.69, 9.17) is 0 Å². The number of sulfonamides is 1. The SMILES string of the molecule is O=C(C(c1ccccc1)c1ccccc1)N1CCN(S(=O)(=O)c2cc(F)ccc2F)CC1. The molecular weight excluding hydrogens is 434 g/mol. The summed E-state index contributed by atoms with van der Waals surface area (Å²) >= 11 is 0. The van der Waals surface area contributed by atoms with Gasteiger partial charge in [-0.15, -0.1) is 0 Å². The molecule has 0 spiro atoms. The minimum Gasteiger partial charge on any atom is -0.339 e. The highest BCUT2D eigenvalue weighted by atomic mass is 32.2. The molecule has 1 saturated heterocycles. The predicted molar refractivity (Wildman–Crippen MR) is 116 cm³/mol. The number of hydrogen-bond acceptors (Lipinski definition) is 3. The average molecular weight is 457 g/mol. The Morgan fingerprint density at radius 2 is 1.31 bits per heavy atom. The van der Waals surface area contributed by atoms with E-state index in [0.29, 0.717) is 6.07 Å². The Kier molecular flexibility index (Phi) is 6.34. The number of piperazine rings is 1. The smallest absolute Gasteiger partial charge is 0.246 e. The summed E-state index contributed by atoms with van der Waals surface area (Å²) in [5.74, 6) is -2.47. The van der Waals surface area contributed by atoms with Crippen molar-refractivity contribution in [3.63, 3.8) is 0 Å². The van der Waals surface area contributed by atoms with Crippen LogP contribution in [0, 0.1) is 11.6 Å². The van der Waals surface area contributed by atoms with E-state index in [0.717, 1.165) is 27.6 Å². The van der Waals surface area contributed by atoms with Crippen molar-refractivity contribution < 1.29 is 22.0 Å². The molecule has 0 aromatic heterocycles. The van der Waals surface area contributed by atoms with E-state index >= 15 is 0 Å². The van der Waals surface area contributed by atoms with Gasteiger partial charge in [-0.25, -0.2) is 17.2 Å². The molecule has 0 bridgehead atoms. The first-order valence-electron chi connectivity index (χ1n) is 10.2. The van der Waals surface area contributed by atoms with Gasteiger partial charge in [0, 0.05) is 26.2 Å². The molecule has 32 heavy (non-hydrogen) atoms. The fraction of sp³-hybridized carbons (Fsp3) is 0.208. The van der Waals surface area contributed by atoms with Crippen LogP contribution >= 0.6 is 0 Å². The Bertz CT molecular complexity index is 1160. The standard InChI is InChI=1S/C24H22F2N2O3S/c25-20-11-12-21(26)22(17-20)32(30,31)28-15-13-27(14-16-28)24(29)23(18-7-3-1-4-8-18)19-9-5-2-6-10-19/h1-12,17,23H,13-16H2. The van der Waals surface area contributed by atoms with Crippen LogP contribution < -0.4 is 0 Å². The third-order valence-corrected chi connectivity index (χ3v) is 7.49. The molecule has 3 aromatic rings. The topological polar surface area (TPSA) is 57.7 Å². The number of carbonyl (C=O) groups excluding carboxylic acids is 1. The summed E-state index contributed by atoms with van der Waals surface area (Å²) in [5, 5.41) is 0. The summed E-state index contributed by atoms with van der Waals surface area (Å²) in [4.78, 5) is 14.4. The fourth-order valence-corrected chi connectivity index (χ4v) is 5.41. The molecule has 3 aromatic carbocycles. The van der Waals surface area contributed by atoms with Crippen LogP contribution in [-0.2, 0) is 14.8 Å². The lowest BCUT2D eigenvalue weighted by Gasteiger charge is -2.36. The number of hydrogen-bond donors (Lipinski definition) is 0. The maximum atomic E-state index is 14.1. The van der Waals surface area contributed by atoms with Crippen molar-refractivity contribution >= 4 is 15.9 Å². The molecule has 1 heterocycles. The van der Waals surface area contributed by atoms with E-state index in [1.807, 2.05) is 60.7 Å². The molecule has 8 heteroatoms. The van der Waals surface area contributed by atoms with Crippen LogP contribution in [0.1, 0.15) is 17.0 Å². The number of benzene rings is 3. The summed E-state index contributed by atoms with van der Waals surface area (Å²) in [6, 6.07) is 21.2. The van der Waals surface area contributed by atoms with E-state index in [-0.39, 0.29) is 32.1 Å². The zero-order valence-electron chi connectivity index (χ0n) is 17.2. The van der Waals surface area contributed by atoms with Crippen molar-refractivity contribution in [2.24, 2.45) is 0 Å². The molecule has 0 N–H and O–H groups in total. The monoisotopic (exact) mass is 456 g/mol. The minimum atomic E-state index is -4.21. The molecule has 5 nitrogen and oxygen atoms in total. The van der Waals surface area contributed by atoms with E-state index in [1.165, 1.54) is 0 Å². The van der Waals surface area contributed by atoms with Gasteiger partial charge in [-0.3, -0.25) is 4.79 Å². The number of nitrogens with zero attached hydrogens (tertiary/aromatic N) is 2. The van der Waals surface area contributed by atoms with Crippen LogP contribution in [-0.4, -0.2) is 49.7 Å². The summed E-state index contributed by atoms with van der Waals surface area (Å²) < 4.78 is 54.3. The molecule has 0 atom stereocenters. The van der Waals surface area contributed by atoms with Crippen LogP contribution in [0.15, 0.2) is 83.8 Å². The second-order valence-electron chi connectivity index (χ2n) is 7.56. The van der Waals surface area contributed by atoms with Crippen molar-refractivity contribution in [3.05, 3.63) is 102 Å². The van der Waals surface area contributed by atoms with Gasteiger partial charge >= 0.3 is 0 Å². The van der Waals surface area contributed by atoms with Crippen molar-refractivity contribution in [1.82, 2.24) is 9.21 Å². The van der Waals surface area contributed by atoms with Gasteiger partial charge in [-0.1, -0.05) is 60.7 Å². The lowest BCUT2D eigenvalue weighted by molar-refractivity contribution is -0.133. The Labute approximate surface area is 186 Å². The quantitative estimate of drug-likeness (QED) is 0.589. The lowest BCUT2D eigenvalue weighted by atomic mass is 9.90. The third-order valence-electron chi connectivity index (χ3n) is 5.57. The first kappa shape index (κ1) is 22.1. The van der Waals surface area contributed by atoms with Gasteiger partial charge in [-0.2, -0.15) is 4.31 Å². The molecular formula is C24H22F2N2O3S. The Morgan fingerprint density at radius 1 is 0.781 bits per heavy atom. The second kappa shape index (κ2) is 9.18. The normalized spacial score (nSPS) is 15.2. The highest BCUT2D eigenvalue weighted by molar-refractivity contribution is 7.89. The number of halogens is 2. The number of carbonyl (C=O) groups is 1. The molecule has 1 amide bonds. The van der Waals surface area contributed by atoms with Crippen LogP contribution in [0.2, 0.25) is 0 Å². The Balaban J connectivity index is 1.54. The molecule has 1 aliphatic rings.